The maximum Gasteiger partial charge on any atom is 0.193 e. The number of hydrogen-bond donors (Lipinski definition) is 1. The van der Waals surface area contributed by atoms with Crippen molar-refractivity contribution in [3.8, 4) is 0 Å². The highest BCUT2D eigenvalue weighted by Crippen LogP contribution is 2.22. The summed E-state index contributed by atoms with van der Waals surface area (Å²) in [5.74, 6) is 1.72. The second-order valence-electron chi connectivity index (χ2n) is 7.32. The average Bonchev–Trinajstić information content (AvgIpc) is 3.31. The second-order valence-corrected chi connectivity index (χ2v) is 7.75. The molecule has 2 heterocycles. The van der Waals surface area contributed by atoms with Gasteiger partial charge in [0.15, 0.2) is 5.96 Å². The molecule has 7 heteroatoms. The third kappa shape index (κ3) is 6.48. The number of ether oxygens (including phenoxy) is 1. The maximum absolute atomic E-state index is 6.11. The SMILES string of the molecule is CN=C(NCC(OC)c1cccc(Cl)c1)N1CCC(CN2CCCC2)C1.I. The normalized spacial score (nSPS) is 22.0. The van der Waals surface area contributed by atoms with Crippen LogP contribution < -0.4 is 5.32 Å². The fourth-order valence-corrected chi connectivity index (χ4v) is 4.26. The molecular weight excluding hydrogens is 475 g/mol. The first kappa shape index (κ1) is 22.7. The van der Waals surface area contributed by atoms with Crippen LogP contribution in [0.1, 0.15) is 30.9 Å². The number of benzene rings is 1. The summed E-state index contributed by atoms with van der Waals surface area (Å²) in [7, 11) is 3.59. The van der Waals surface area contributed by atoms with Crippen molar-refractivity contribution in [3.63, 3.8) is 0 Å². The van der Waals surface area contributed by atoms with Crippen LogP contribution >= 0.6 is 35.6 Å². The van der Waals surface area contributed by atoms with Gasteiger partial charge in [-0.2, -0.15) is 0 Å². The Morgan fingerprint density at radius 1 is 1.33 bits per heavy atom. The van der Waals surface area contributed by atoms with Gasteiger partial charge in [0.25, 0.3) is 0 Å². The van der Waals surface area contributed by atoms with Gasteiger partial charge in [-0.15, -0.1) is 24.0 Å². The van der Waals surface area contributed by atoms with E-state index in [-0.39, 0.29) is 30.1 Å². The van der Waals surface area contributed by atoms with Crippen molar-refractivity contribution in [3.05, 3.63) is 34.9 Å². The van der Waals surface area contributed by atoms with E-state index in [2.05, 4.69) is 20.1 Å². The van der Waals surface area contributed by atoms with Crippen LogP contribution in [0.25, 0.3) is 0 Å². The number of nitrogens with one attached hydrogen (secondary N) is 1. The Bertz CT molecular complexity index is 609. The van der Waals surface area contributed by atoms with E-state index in [4.69, 9.17) is 16.3 Å². The van der Waals surface area contributed by atoms with Crippen molar-refractivity contribution in [2.45, 2.75) is 25.4 Å². The van der Waals surface area contributed by atoms with Gasteiger partial charge in [-0.1, -0.05) is 23.7 Å². The van der Waals surface area contributed by atoms with Crippen molar-refractivity contribution >= 4 is 41.5 Å². The number of hydrogen-bond acceptors (Lipinski definition) is 3. The fourth-order valence-electron chi connectivity index (χ4n) is 4.06. The van der Waals surface area contributed by atoms with E-state index in [1.54, 1.807) is 7.11 Å². The molecule has 5 nitrogen and oxygen atoms in total. The van der Waals surface area contributed by atoms with Crippen molar-refractivity contribution in [1.29, 1.82) is 0 Å². The van der Waals surface area contributed by atoms with Gasteiger partial charge in [0.2, 0.25) is 0 Å². The van der Waals surface area contributed by atoms with Crippen LogP contribution in [0, 0.1) is 5.92 Å². The summed E-state index contributed by atoms with van der Waals surface area (Å²) in [6.45, 7) is 6.63. The van der Waals surface area contributed by atoms with E-state index >= 15 is 0 Å². The molecule has 0 aliphatic carbocycles. The van der Waals surface area contributed by atoms with Crippen LogP contribution in [0.5, 0.6) is 0 Å². The number of methoxy groups -OCH3 is 1. The number of halogens is 2. The molecule has 2 aliphatic heterocycles. The zero-order chi connectivity index (χ0) is 18.4. The van der Waals surface area contributed by atoms with Crippen molar-refractivity contribution in [2.75, 3.05) is 53.4 Å². The lowest BCUT2D eigenvalue weighted by molar-refractivity contribution is 0.106. The monoisotopic (exact) mass is 506 g/mol. The molecule has 2 atom stereocenters. The lowest BCUT2D eigenvalue weighted by Crippen LogP contribution is -2.42. The number of aliphatic imine (C=N–C) groups is 1. The zero-order valence-electron chi connectivity index (χ0n) is 16.4. The number of guanidine groups is 1. The van der Waals surface area contributed by atoms with Crippen LogP contribution in [-0.2, 0) is 4.74 Å². The maximum atomic E-state index is 6.11. The summed E-state index contributed by atoms with van der Waals surface area (Å²) in [6, 6.07) is 7.85. The van der Waals surface area contributed by atoms with Crippen LogP contribution in [0.15, 0.2) is 29.3 Å². The molecule has 2 unspecified atom stereocenters. The van der Waals surface area contributed by atoms with E-state index in [1.165, 1.54) is 38.9 Å². The molecule has 0 saturated carbocycles. The molecule has 1 aromatic rings. The van der Waals surface area contributed by atoms with Gasteiger partial charge in [-0.05, 0) is 56.0 Å². The average molecular weight is 507 g/mol. The molecule has 152 valence electrons. The Labute approximate surface area is 185 Å². The van der Waals surface area contributed by atoms with Crippen LogP contribution in [-0.4, -0.2) is 69.2 Å². The van der Waals surface area contributed by atoms with Crippen molar-refractivity contribution in [2.24, 2.45) is 10.9 Å². The van der Waals surface area contributed by atoms with Gasteiger partial charge in [-0.25, -0.2) is 0 Å². The Balaban J connectivity index is 0.00000261. The molecule has 2 saturated heterocycles. The highest BCUT2D eigenvalue weighted by Gasteiger charge is 2.27. The molecule has 0 aromatic heterocycles. The first-order valence-corrected chi connectivity index (χ1v) is 10.0. The van der Waals surface area contributed by atoms with E-state index in [0.29, 0.717) is 6.54 Å². The third-order valence-corrected chi connectivity index (χ3v) is 5.70. The topological polar surface area (TPSA) is 40.1 Å². The molecular formula is C20H32ClIN4O. The molecule has 0 bridgehead atoms. The molecule has 2 fully saturated rings. The molecule has 0 amide bonds. The molecule has 3 rings (SSSR count). The van der Waals surface area contributed by atoms with Gasteiger partial charge in [0, 0.05) is 45.4 Å². The molecule has 0 radical (unpaired) electrons. The minimum Gasteiger partial charge on any atom is -0.375 e. The van der Waals surface area contributed by atoms with Gasteiger partial charge >= 0.3 is 0 Å². The van der Waals surface area contributed by atoms with Crippen molar-refractivity contribution in [1.82, 2.24) is 15.1 Å². The molecule has 1 N–H and O–H groups in total. The van der Waals surface area contributed by atoms with E-state index in [0.717, 1.165) is 35.6 Å². The Kier molecular flexibility index (Phi) is 9.62. The predicted octanol–water partition coefficient (Wildman–Crippen LogP) is 3.64. The van der Waals surface area contributed by atoms with Gasteiger partial charge in [-0.3, -0.25) is 4.99 Å². The smallest absolute Gasteiger partial charge is 0.193 e. The van der Waals surface area contributed by atoms with Crippen LogP contribution in [0.4, 0.5) is 0 Å². The lowest BCUT2D eigenvalue weighted by Gasteiger charge is -2.25. The van der Waals surface area contributed by atoms with Crippen LogP contribution in [0.3, 0.4) is 0 Å². The molecule has 2 aliphatic rings. The van der Waals surface area contributed by atoms with Crippen molar-refractivity contribution < 1.29 is 4.74 Å². The van der Waals surface area contributed by atoms with Gasteiger partial charge in [0.1, 0.15) is 0 Å². The van der Waals surface area contributed by atoms with E-state index < -0.39 is 0 Å². The number of nitrogens with zero attached hydrogens (tertiary/aromatic N) is 3. The zero-order valence-corrected chi connectivity index (χ0v) is 19.5. The molecule has 1 aromatic carbocycles. The predicted molar refractivity (Wildman–Crippen MR) is 123 cm³/mol. The standard InChI is InChI=1S/C20H31ClN4O.HI/c1-22-20(23-13-19(26-2)17-6-5-7-18(21)12-17)25-11-8-16(15-25)14-24-9-3-4-10-24;/h5-7,12,16,19H,3-4,8-11,13-15H2,1-2H3,(H,22,23);1H. The number of likely N-dealkylation sites (tertiary alicyclic amines) is 2. The summed E-state index contributed by atoms with van der Waals surface area (Å²) < 4.78 is 5.66. The second kappa shape index (κ2) is 11.4. The summed E-state index contributed by atoms with van der Waals surface area (Å²) in [6.07, 6.45) is 3.93. The summed E-state index contributed by atoms with van der Waals surface area (Å²) in [5.41, 5.74) is 1.08. The highest BCUT2D eigenvalue weighted by molar-refractivity contribution is 14.0. The minimum absolute atomic E-state index is 0. The first-order chi connectivity index (χ1) is 12.7. The van der Waals surface area contributed by atoms with E-state index in [9.17, 15) is 0 Å². The minimum atomic E-state index is -0.0477. The largest absolute Gasteiger partial charge is 0.375 e. The number of rotatable bonds is 6. The van der Waals surface area contributed by atoms with Gasteiger partial charge in [0.05, 0.1) is 6.10 Å². The Morgan fingerprint density at radius 2 is 2.11 bits per heavy atom. The first-order valence-electron chi connectivity index (χ1n) is 9.66. The van der Waals surface area contributed by atoms with Gasteiger partial charge < -0.3 is 19.9 Å². The summed E-state index contributed by atoms with van der Waals surface area (Å²) >= 11 is 6.11. The van der Waals surface area contributed by atoms with Crippen LogP contribution in [0.2, 0.25) is 5.02 Å². The Hall–Kier alpha value is -0.570. The highest BCUT2D eigenvalue weighted by atomic mass is 127. The molecule has 0 spiro atoms. The lowest BCUT2D eigenvalue weighted by atomic mass is 10.1. The van der Waals surface area contributed by atoms with E-state index in [1.807, 2.05) is 31.3 Å². The summed E-state index contributed by atoms with van der Waals surface area (Å²) in [4.78, 5) is 9.49. The quantitative estimate of drug-likeness (QED) is 0.363. The third-order valence-electron chi connectivity index (χ3n) is 5.46. The molecule has 27 heavy (non-hydrogen) atoms. The fraction of sp³-hybridized carbons (Fsp3) is 0.650. The summed E-state index contributed by atoms with van der Waals surface area (Å²) in [5, 5.41) is 4.22. The Morgan fingerprint density at radius 3 is 2.78 bits per heavy atom.